The zero-order valence-corrected chi connectivity index (χ0v) is 33.4. The molecule has 2 aliphatic heterocycles. The fourth-order valence-electron chi connectivity index (χ4n) is 8.42. The maximum Gasteiger partial charge on any atom is 0.236 e. The van der Waals surface area contributed by atoms with Crippen LogP contribution in [0.15, 0.2) is 47.5 Å². The first-order valence-corrected chi connectivity index (χ1v) is 18.5. The number of guanidine groups is 1. The van der Waals surface area contributed by atoms with Crippen LogP contribution in [-0.2, 0) is 0 Å². The molecule has 57 heavy (non-hydrogen) atoms. The number of benzene rings is 4. The Morgan fingerprint density at radius 3 is 1.60 bits per heavy atom. The average Bonchev–Trinajstić information content (AvgIpc) is 3.63. The highest BCUT2D eigenvalue weighted by atomic mass is 15.6. The molecule has 8 rings (SSSR count). The first-order valence-electron chi connectivity index (χ1n) is 18.5. The van der Waals surface area contributed by atoms with E-state index in [2.05, 4.69) is 65.2 Å². The van der Waals surface area contributed by atoms with E-state index in [4.69, 9.17) is 98.4 Å². The highest BCUT2D eigenvalue weighted by molar-refractivity contribution is 6.69. The first kappa shape index (κ1) is 39.4. The van der Waals surface area contributed by atoms with Crippen LogP contribution in [0.25, 0.3) is 50.3 Å². The van der Waals surface area contributed by atoms with Gasteiger partial charge in [-0.2, -0.15) is 9.97 Å². The maximum absolute atomic E-state index is 6.67. The number of fused-ring (bicyclic) bond motifs is 4. The molecular formula is C40H31B10N7. The molecule has 0 atom stereocenters. The molecule has 0 N–H and O–H groups in total. The van der Waals surface area contributed by atoms with Gasteiger partial charge in [0.1, 0.15) is 78.5 Å². The number of anilines is 1. The van der Waals surface area contributed by atoms with Crippen LogP contribution in [0.5, 0.6) is 0 Å². The Morgan fingerprint density at radius 2 is 1.00 bits per heavy atom. The van der Waals surface area contributed by atoms with E-state index in [1.165, 1.54) is 0 Å². The minimum Gasteiger partial charge on any atom is -0.327 e. The minimum absolute atomic E-state index is 0.0702. The number of aromatic nitrogens is 4. The van der Waals surface area contributed by atoms with Crippen LogP contribution in [0, 0.1) is 0 Å². The largest absolute Gasteiger partial charge is 0.327 e. The molecule has 2 aliphatic rings. The fourth-order valence-corrected chi connectivity index (χ4v) is 8.42. The van der Waals surface area contributed by atoms with Crippen LogP contribution in [0.2, 0.25) is 0 Å². The molecule has 17 heteroatoms. The highest BCUT2D eigenvalue weighted by Gasteiger charge is 2.66. The summed E-state index contributed by atoms with van der Waals surface area (Å²) in [6, 6.07) is 13.7. The number of hydrogen-bond donors (Lipinski definition) is 0. The first-order chi connectivity index (χ1) is 26.5. The van der Waals surface area contributed by atoms with E-state index in [1.807, 2.05) is 47.0 Å². The molecule has 1 fully saturated rings. The Hall–Kier alpha value is -4.39. The quantitative estimate of drug-likeness (QED) is 0.181. The van der Waals surface area contributed by atoms with Gasteiger partial charge in [-0.1, -0.05) is 52.2 Å². The third-order valence-corrected chi connectivity index (χ3v) is 13.0. The number of hydrogen-bond acceptors (Lipinski definition) is 6. The monoisotopic (exact) mass is 719 g/mol. The van der Waals surface area contributed by atoms with Gasteiger partial charge in [0.05, 0.1) is 33.2 Å². The van der Waals surface area contributed by atoms with E-state index < -0.39 is 16.6 Å². The van der Waals surface area contributed by atoms with Crippen LogP contribution >= 0.6 is 0 Å². The van der Waals surface area contributed by atoms with Gasteiger partial charge < -0.3 is 9.47 Å². The Labute approximate surface area is 348 Å². The van der Waals surface area contributed by atoms with Gasteiger partial charge in [0.25, 0.3) is 0 Å². The van der Waals surface area contributed by atoms with Gasteiger partial charge in [-0.05, 0) is 67.5 Å². The summed E-state index contributed by atoms with van der Waals surface area (Å²) in [6.07, 6.45) is 0. The molecule has 0 amide bonds. The van der Waals surface area contributed by atoms with Crippen molar-refractivity contribution >= 4 is 167 Å². The summed E-state index contributed by atoms with van der Waals surface area (Å²) in [5.74, 6) is 1.47. The maximum atomic E-state index is 6.67. The number of nitrogens with zero attached hydrogens (tertiary/aromatic N) is 7. The summed E-state index contributed by atoms with van der Waals surface area (Å²) < 4.78 is 1.92. The van der Waals surface area contributed by atoms with Crippen LogP contribution in [-0.4, -0.2) is 131 Å². The van der Waals surface area contributed by atoms with Crippen LogP contribution in [0.1, 0.15) is 55.4 Å². The summed E-state index contributed by atoms with van der Waals surface area (Å²) in [4.78, 5) is 25.0. The van der Waals surface area contributed by atoms with Gasteiger partial charge in [0.15, 0.2) is 11.6 Å². The third-order valence-electron chi connectivity index (χ3n) is 13.0. The molecule has 4 heterocycles. The topological polar surface area (TPSA) is 62.4 Å². The lowest BCUT2D eigenvalue weighted by Gasteiger charge is -2.50. The van der Waals surface area contributed by atoms with Crippen molar-refractivity contribution in [1.29, 1.82) is 0 Å². The molecule has 0 aliphatic carbocycles. The van der Waals surface area contributed by atoms with E-state index in [9.17, 15) is 0 Å². The summed E-state index contributed by atoms with van der Waals surface area (Å²) in [5, 5.41) is 1.83. The van der Waals surface area contributed by atoms with Crippen molar-refractivity contribution in [2.45, 2.75) is 77.5 Å². The molecule has 20 radical (unpaired) electrons. The number of para-hydroxylation sites is 1. The van der Waals surface area contributed by atoms with Gasteiger partial charge in [0, 0.05) is 27.6 Å². The number of rotatable bonds is 4. The molecule has 0 spiro atoms. The van der Waals surface area contributed by atoms with Crippen molar-refractivity contribution in [3.05, 3.63) is 42.5 Å². The lowest BCUT2D eigenvalue weighted by molar-refractivity contribution is 0.0527. The van der Waals surface area contributed by atoms with Gasteiger partial charge in [-0.25, -0.2) is 9.98 Å². The van der Waals surface area contributed by atoms with Gasteiger partial charge in [0.2, 0.25) is 11.9 Å². The molecule has 4 aromatic carbocycles. The summed E-state index contributed by atoms with van der Waals surface area (Å²) in [7, 11) is 64.6. The fraction of sp³-hybridized carbons (Fsp3) is 0.300. The SMILES string of the molecule is [B]c1c([B])c([B])c(-c2nc(-c3ccc4c5ccccc5n(-c5c([B])c([B])c([B])c([B])c5[B])c4c3)nc(N3C4=NC(C)(C)C(C)(C)N4C(C)(C)C3(C)C)n2)c([B])c1[B]. The number of aliphatic imine (C=N–C) groups is 1. The standard InChI is InChI=1S/C40H31B10N7/c1-37(2)38(3,4)57-36(54-37)56(39(5,6)40(57,7)8)35-52-33(51-34(53-35)21-22(41)24(43)26(45)25(44)23(21)42)16-13-14-18-17-11-9-10-12-19(17)55(20(18)15-16)32-30(49)28(47)27(46)29(48)31(32)50/h9-15H,1-8H3. The smallest absolute Gasteiger partial charge is 0.236 e. The lowest BCUT2D eigenvalue weighted by atomic mass is 9.60. The summed E-state index contributed by atoms with van der Waals surface area (Å²) in [6.45, 7) is 17.3. The minimum atomic E-state index is -0.605. The van der Waals surface area contributed by atoms with E-state index in [1.54, 1.807) is 0 Å². The van der Waals surface area contributed by atoms with E-state index in [0.29, 0.717) is 23.0 Å². The summed E-state index contributed by atoms with van der Waals surface area (Å²) in [5.41, 5.74) is 2.04. The Morgan fingerprint density at radius 1 is 0.491 bits per heavy atom. The second-order valence-electron chi connectivity index (χ2n) is 17.0. The van der Waals surface area contributed by atoms with E-state index in [-0.39, 0.29) is 71.6 Å². The van der Waals surface area contributed by atoms with Crippen molar-refractivity contribution in [2.75, 3.05) is 4.90 Å². The highest BCUT2D eigenvalue weighted by Crippen LogP contribution is 2.53. The lowest BCUT2D eigenvalue weighted by Crippen LogP contribution is -2.63. The zero-order chi connectivity index (χ0) is 41.6. The van der Waals surface area contributed by atoms with Crippen molar-refractivity contribution in [1.82, 2.24) is 24.4 Å². The molecule has 256 valence electrons. The van der Waals surface area contributed by atoms with Gasteiger partial charge >= 0.3 is 0 Å². The summed E-state index contributed by atoms with van der Waals surface area (Å²) >= 11 is 0. The molecular weight excluding hydrogens is 687 g/mol. The van der Waals surface area contributed by atoms with E-state index in [0.717, 1.165) is 27.8 Å². The van der Waals surface area contributed by atoms with Crippen molar-refractivity contribution in [3.8, 4) is 28.5 Å². The molecule has 0 saturated carbocycles. The molecule has 1 saturated heterocycles. The molecule has 2 aromatic heterocycles. The van der Waals surface area contributed by atoms with Crippen molar-refractivity contribution in [2.24, 2.45) is 4.99 Å². The third kappa shape index (κ3) is 5.18. The van der Waals surface area contributed by atoms with Gasteiger partial charge in [-0.15, -0.1) is 32.8 Å². The predicted molar refractivity (Wildman–Crippen MR) is 247 cm³/mol. The molecule has 6 aromatic rings. The normalized spacial score (nSPS) is 17.7. The van der Waals surface area contributed by atoms with Gasteiger partial charge in [-0.3, -0.25) is 4.90 Å². The van der Waals surface area contributed by atoms with E-state index >= 15 is 0 Å². The van der Waals surface area contributed by atoms with Crippen LogP contribution in [0.4, 0.5) is 5.95 Å². The predicted octanol–water partition coefficient (Wildman–Crippen LogP) is -3.15. The zero-order valence-electron chi connectivity index (χ0n) is 33.4. The van der Waals surface area contributed by atoms with Crippen molar-refractivity contribution in [3.63, 3.8) is 0 Å². The molecule has 7 nitrogen and oxygen atoms in total. The Balaban J connectivity index is 1.46. The van der Waals surface area contributed by atoms with Crippen molar-refractivity contribution < 1.29 is 0 Å². The van der Waals surface area contributed by atoms with Crippen LogP contribution in [0.3, 0.4) is 0 Å². The second-order valence-corrected chi connectivity index (χ2v) is 17.0. The Bertz CT molecular complexity index is 2730. The van der Waals surface area contributed by atoms with Crippen LogP contribution < -0.4 is 59.5 Å². The second kappa shape index (κ2) is 12.6. The average molecular weight is 718 g/mol. The Kier molecular flexibility index (Phi) is 8.69. The molecule has 0 unspecified atom stereocenters. The molecule has 0 bridgehead atoms.